The second kappa shape index (κ2) is 7.56. The highest BCUT2D eigenvalue weighted by atomic mass is 19.2. The molecule has 19 heavy (non-hydrogen) atoms. The van der Waals surface area contributed by atoms with Crippen LogP contribution in [-0.2, 0) is 0 Å². The third-order valence-electron chi connectivity index (χ3n) is 3.55. The van der Waals surface area contributed by atoms with Crippen LogP contribution in [0.3, 0.4) is 0 Å². The smallest absolute Gasteiger partial charge is 0.163 e. The van der Waals surface area contributed by atoms with E-state index in [9.17, 15) is 8.78 Å². The van der Waals surface area contributed by atoms with Crippen molar-refractivity contribution < 1.29 is 8.78 Å². The van der Waals surface area contributed by atoms with E-state index in [2.05, 4.69) is 31.0 Å². The molecule has 2 nitrogen and oxygen atoms in total. The molecule has 1 aromatic carbocycles. The molecule has 0 fully saturated rings. The van der Waals surface area contributed by atoms with Crippen molar-refractivity contribution in [3.63, 3.8) is 0 Å². The molecule has 1 atom stereocenters. The Bertz CT molecular complexity index is 394. The monoisotopic (exact) mass is 270 g/mol. The fourth-order valence-electron chi connectivity index (χ4n) is 2.32. The van der Waals surface area contributed by atoms with Crippen LogP contribution in [0.2, 0.25) is 0 Å². The van der Waals surface area contributed by atoms with Gasteiger partial charge in [-0.25, -0.2) is 8.78 Å². The Balaban J connectivity index is 2.76. The van der Waals surface area contributed by atoms with Crippen LogP contribution in [0, 0.1) is 11.6 Å². The van der Waals surface area contributed by atoms with Gasteiger partial charge in [-0.3, -0.25) is 0 Å². The number of nitrogens with zero attached hydrogens (tertiary/aromatic N) is 1. The second-order valence-corrected chi connectivity index (χ2v) is 5.00. The highest BCUT2D eigenvalue weighted by Crippen LogP contribution is 2.22. The lowest BCUT2D eigenvalue weighted by Gasteiger charge is -2.27. The minimum Gasteiger partial charge on any atom is -0.313 e. The van der Waals surface area contributed by atoms with Crippen LogP contribution in [0.5, 0.6) is 0 Å². The van der Waals surface area contributed by atoms with Gasteiger partial charge < -0.3 is 10.2 Å². The zero-order chi connectivity index (χ0) is 14.4. The lowest BCUT2D eigenvalue weighted by Crippen LogP contribution is -2.33. The SMILES string of the molecule is CCN(CCC(NC)c1cccc(F)c1F)C(C)C. The van der Waals surface area contributed by atoms with Crippen molar-refractivity contribution in [2.45, 2.75) is 39.3 Å². The minimum absolute atomic E-state index is 0.163. The molecule has 0 aliphatic heterocycles. The van der Waals surface area contributed by atoms with Crippen LogP contribution in [0.15, 0.2) is 18.2 Å². The van der Waals surface area contributed by atoms with Crippen molar-refractivity contribution >= 4 is 0 Å². The van der Waals surface area contributed by atoms with Gasteiger partial charge in [0.25, 0.3) is 0 Å². The molecular formula is C15H24F2N2. The standard InChI is InChI=1S/C15H24F2N2/c1-5-19(11(2)3)10-9-14(18-4)12-7-6-8-13(16)15(12)17/h6-8,11,14,18H,5,9-10H2,1-4H3. The van der Waals surface area contributed by atoms with E-state index >= 15 is 0 Å². The van der Waals surface area contributed by atoms with E-state index in [1.807, 2.05) is 0 Å². The lowest BCUT2D eigenvalue weighted by atomic mass is 10.0. The average Bonchev–Trinajstić information content (AvgIpc) is 2.38. The molecule has 1 N–H and O–H groups in total. The molecule has 0 amide bonds. The molecule has 0 aliphatic carbocycles. The third kappa shape index (κ3) is 4.25. The van der Waals surface area contributed by atoms with Crippen molar-refractivity contribution in [3.05, 3.63) is 35.4 Å². The lowest BCUT2D eigenvalue weighted by molar-refractivity contribution is 0.221. The Labute approximate surface area is 114 Å². The zero-order valence-electron chi connectivity index (χ0n) is 12.2. The largest absolute Gasteiger partial charge is 0.313 e. The third-order valence-corrected chi connectivity index (χ3v) is 3.55. The minimum atomic E-state index is -0.783. The van der Waals surface area contributed by atoms with Crippen molar-refractivity contribution in [1.82, 2.24) is 10.2 Å². The Morgan fingerprint density at radius 1 is 1.26 bits per heavy atom. The first-order valence-corrected chi connectivity index (χ1v) is 6.86. The molecule has 0 heterocycles. The van der Waals surface area contributed by atoms with Crippen LogP contribution in [-0.4, -0.2) is 31.1 Å². The van der Waals surface area contributed by atoms with Gasteiger partial charge in [-0.2, -0.15) is 0 Å². The summed E-state index contributed by atoms with van der Waals surface area (Å²) in [6, 6.07) is 4.64. The first kappa shape index (κ1) is 16.1. The van der Waals surface area contributed by atoms with E-state index < -0.39 is 11.6 Å². The predicted molar refractivity (Wildman–Crippen MR) is 75.2 cm³/mol. The summed E-state index contributed by atoms with van der Waals surface area (Å²) in [5.74, 6) is -1.52. The first-order valence-electron chi connectivity index (χ1n) is 6.86. The van der Waals surface area contributed by atoms with Gasteiger partial charge in [0.05, 0.1) is 0 Å². The fraction of sp³-hybridized carbons (Fsp3) is 0.600. The normalized spacial score (nSPS) is 13.3. The van der Waals surface area contributed by atoms with Crippen molar-refractivity contribution in [2.24, 2.45) is 0 Å². The van der Waals surface area contributed by atoms with Gasteiger partial charge >= 0.3 is 0 Å². The summed E-state index contributed by atoms with van der Waals surface area (Å²) in [6.07, 6.45) is 0.753. The van der Waals surface area contributed by atoms with Gasteiger partial charge in [-0.1, -0.05) is 19.1 Å². The van der Waals surface area contributed by atoms with Gasteiger partial charge in [0, 0.05) is 24.2 Å². The van der Waals surface area contributed by atoms with Crippen LogP contribution in [0.25, 0.3) is 0 Å². The van der Waals surface area contributed by atoms with Gasteiger partial charge in [0.1, 0.15) is 0 Å². The molecule has 0 bridgehead atoms. The molecule has 0 aliphatic rings. The Hall–Kier alpha value is -1.00. The Morgan fingerprint density at radius 2 is 1.95 bits per heavy atom. The second-order valence-electron chi connectivity index (χ2n) is 5.00. The molecule has 108 valence electrons. The molecule has 0 spiro atoms. The quantitative estimate of drug-likeness (QED) is 0.817. The van der Waals surface area contributed by atoms with Crippen molar-refractivity contribution in [1.29, 1.82) is 0 Å². The molecule has 0 aromatic heterocycles. The average molecular weight is 270 g/mol. The number of hydrogen-bond donors (Lipinski definition) is 1. The van der Waals surface area contributed by atoms with Gasteiger partial charge in [0.2, 0.25) is 0 Å². The molecule has 0 saturated carbocycles. The Kier molecular flexibility index (Phi) is 6.38. The van der Waals surface area contributed by atoms with Crippen LogP contribution in [0.4, 0.5) is 8.78 Å². The van der Waals surface area contributed by atoms with E-state index in [0.29, 0.717) is 11.6 Å². The van der Waals surface area contributed by atoms with E-state index in [1.54, 1.807) is 19.2 Å². The summed E-state index contributed by atoms with van der Waals surface area (Å²) in [7, 11) is 1.78. The highest BCUT2D eigenvalue weighted by molar-refractivity contribution is 5.22. The maximum absolute atomic E-state index is 13.8. The van der Waals surface area contributed by atoms with Gasteiger partial charge in [-0.05, 0) is 39.9 Å². The van der Waals surface area contributed by atoms with E-state index in [1.165, 1.54) is 0 Å². The molecule has 0 saturated heterocycles. The predicted octanol–water partition coefficient (Wildman–Crippen LogP) is 3.35. The molecule has 1 aromatic rings. The number of rotatable bonds is 7. The number of nitrogens with one attached hydrogen (secondary N) is 1. The summed E-state index contributed by atoms with van der Waals surface area (Å²) < 4.78 is 27.0. The number of benzene rings is 1. The fourth-order valence-corrected chi connectivity index (χ4v) is 2.32. The molecule has 1 unspecified atom stereocenters. The van der Waals surface area contributed by atoms with Gasteiger partial charge in [-0.15, -0.1) is 0 Å². The van der Waals surface area contributed by atoms with Crippen LogP contribution < -0.4 is 5.32 Å². The van der Waals surface area contributed by atoms with E-state index in [0.717, 1.165) is 25.6 Å². The summed E-state index contributed by atoms with van der Waals surface area (Å²) in [5.41, 5.74) is 0.405. The molecule has 0 radical (unpaired) electrons. The first-order chi connectivity index (χ1) is 9.01. The summed E-state index contributed by atoms with van der Waals surface area (Å²) in [6.45, 7) is 8.20. The number of halogens is 2. The highest BCUT2D eigenvalue weighted by Gasteiger charge is 2.18. The number of hydrogen-bond acceptors (Lipinski definition) is 2. The maximum Gasteiger partial charge on any atom is 0.163 e. The summed E-state index contributed by atoms with van der Waals surface area (Å²) in [4.78, 5) is 2.31. The summed E-state index contributed by atoms with van der Waals surface area (Å²) >= 11 is 0. The maximum atomic E-state index is 13.8. The van der Waals surface area contributed by atoms with E-state index in [4.69, 9.17) is 0 Å². The summed E-state index contributed by atoms with van der Waals surface area (Å²) in [5, 5.41) is 3.07. The van der Waals surface area contributed by atoms with Crippen LogP contribution in [0.1, 0.15) is 38.8 Å². The Morgan fingerprint density at radius 3 is 2.47 bits per heavy atom. The topological polar surface area (TPSA) is 15.3 Å². The molecule has 1 rings (SSSR count). The van der Waals surface area contributed by atoms with Crippen LogP contribution >= 0.6 is 0 Å². The van der Waals surface area contributed by atoms with Gasteiger partial charge in [0.15, 0.2) is 11.6 Å². The van der Waals surface area contributed by atoms with E-state index in [-0.39, 0.29) is 6.04 Å². The van der Waals surface area contributed by atoms with Crippen molar-refractivity contribution in [3.8, 4) is 0 Å². The molecular weight excluding hydrogens is 246 g/mol. The molecule has 4 heteroatoms. The van der Waals surface area contributed by atoms with Crippen molar-refractivity contribution in [2.75, 3.05) is 20.1 Å². The zero-order valence-corrected chi connectivity index (χ0v) is 12.2.